The second kappa shape index (κ2) is 5.55. The molecule has 0 aromatic rings. The number of hydrogen-bond acceptors (Lipinski definition) is 2. The minimum Gasteiger partial charge on any atom is -0.315 e. The lowest BCUT2D eigenvalue weighted by molar-refractivity contribution is 0.212. The molecule has 0 aliphatic carbocycles. The van der Waals surface area contributed by atoms with Crippen molar-refractivity contribution in [3.05, 3.63) is 0 Å². The standard InChI is InChI=1S/C10H22N2/c1-3-5-10(2)12-8-4-6-11-7-9-12/h10-11H,3-9H2,1-2H3. The smallest absolute Gasteiger partial charge is 0.0110 e. The summed E-state index contributed by atoms with van der Waals surface area (Å²) in [5, 5.41) is 3.43. The highest BCUT2D eigenvalue weighted by atomic mass is 15.2. The Bertz CT molecular complexity index is 106. The van der Waals surface area contributed by atoms with Crippen LogP contribution in [0.25, 0.3) is 0 Å². The van der Waals surface area contributed by atoms with Crippen molar-refractivity contribution < 1.29 is 0 Å². The molecule has 1 rings (SSSR count). The van der Waals surface area contributed by atoms with Gasteiger partial charge < -0.3 is 5.32 Å². The van der Waals surface area contributed by atoms with Gasteiger partial charge in [-0.05, 0) is 32.9 Å². The maximum atomic E-state index is 3.43. The summed E-state index contributed by atoms with van der Waals surface area (Å²) in [6.45, 7) is 9.53. The zero-order valence-electron chi connectivity index (χ0n) is 8.47. The van der Waals surface area contributed by atoms with Gasteiger partial charge in [0.25, 0.3) is 0 Å². The molecule has 1 aliphatic heterocycles. The molecule has 1 N–H and O–H groups in total. The van der Waals surface area contributed by atoms with Gasteiger partial charge in [0.15, 0.2) is 0 Å². The molecule has 1 heterocycles. The zero-order valence-corrected chi connectivity index (χ0v) is 8.47. The maximum absolute atomic E-state index is 3.43. The Kier molecular flexibility index (Phi) is 4.62. The van der Waals surface area contributed by atoms with Crippen LogP contribution in [0.3, 0.4) is 0 Å². The molecule has 0 spiro atoms. The molecule has 0 radical (unpaired) electrons. The van der Waals surface area contributed by atoms with Gasteiger partial charge in [0, 0.05) is 19.1 Å². The summed E-state index contributed by atoms with van der Waals surface area (Å²) in [5.41, 5.74) is 0. The van der Waals surface area contributed by atoms with E-state index >= 15 is 0 Å². The Morgan fingerprint density at radius 2 is 2.17 bits per heavy atom. The Morgan fingerprint density at radius 1 is 1.33 bits per heavy atom. The molecule has 0 bridgehead atoms. The molecule has 0 saturated carbocycles. The molecule has 12 heavy (non-hydrogen) atoms. The molecule has 72 valence electrons. The van der Waals surface area contributed by atoms with Crippen LogP contribution in [-0.2, 0) is 0 Å². The van der Waals surface area contributed by atoms with Crippen LogP contribution < -0.4 is 5.32 Å². The van der Waals surface area contributed by atoms with Gasteiger partial charge in [-0.25, -0.2) is 0 Å². The fourth-order valence-electron chi connectivity index (χ4n) is 1.91. The molecule has 2 heteroatoms. The molecular formula is C10H22N2. The Labute approximate surface area is 76.3 Å². The lowest BCUT2D eigenvalue weighted by atomic mass is 10.1. The van der Waals surface area contributed by atoms with E-state index in [9.17, 15) is 0 Å². The number of nitrogens with one attached hydrogen (secondary N) is 1. The van der Waals surface area contributed by atoms with E-state index in [1.54, 1.807) is 0 Å². The van der Waals surface area contributed by atoms with E-state index in [0.29, 0.717) is 0 Å². The van der Waals surface area contributed by atoms with Gasteiger partial charge >= 0.3 is 0 Å². The molecule has 0 amide bonds. The monoisotopic (exact) mass is 170 g/mol. The van der Waals surface area contributed by atoms with Gasteiger partial charge in [-0.2, -0.15) is 0 Å². The third-order valence-corrected chi connectivity index (χ3v) is 2.70. The van der Waals surface area contributed by atoms with Gasteiger partial charge in [-0.3, -0.25) is 4.90 Å². The topological polar surface area (TPSA) is 15.3 Å². The van der Waals surface area contributed by atoms with Crippen molar-refractivity contribution >= 4 is 0 Å². The first-order valence-electron chi connectivity index (χ1n) is 5.29. The number of nitrogens with zero attached hydrogens (tertiary/aromatic N) is 1. The fourth-order valence-corrected chi connectivity index (χ4v) is 1.91. The lowest BCUT2D eigenvalue weighted by Gasteiger charge is -2.26. The quantitative estimate of drug-likeness (QED) is 0.690. The van der Waals surface area contributed by atoms with Crippen molar-refractivity contribution in [2.24, 2.45) is 0 Å². The van der Waals surface area contributed by atoms with Crippen molar-refractivity contribution in [3.63, 3.8) is 0 Å². The minimum atomic E-state index is 0.787. The van der Waals surface area contributed by atoms with E-state index in [1.807, 2.05) is 0 Å². The van der Waals surface area contributed by atoms with E-state index in [0.717, 1.165) is 6.04 Å². The van der Waals surface area contributed by atoms with Crippen LogP contribution in [0.5, 0.6) is 0 Å². The minimum absolute atomic E-state index is 0.787. The van der Waals surface area contributed by atoms with Crippen molar-refractivity contribution in [1.29, 1.82) is 0 Å². The molecule has 1 aliphatic rings. The van der Waals surface area contributed by atoms with Crippen molar-refractivity contribution in [2.75, 3.05) is 26.2 Å². The first kappa shape index (κ1) is 10.0. The third-order valence-electron chi connectivity index (χ3n) is 2.70. The molecule has 2 nitrogen and oxygen atoms in total. The second-order valence-corrected chi connectivity index (χ2v) is 3.78. The number of rotatable bonds is 3. The first-order chi connectivity index (χ1) is 5.84. The second-order valence-electron chi connectivity index (χ2n) is 3.78. The van der Waals surface area contributed by atoms with Crippen molar-refractivity contribution in [3.8, 4) is 0 Å². The highest BCUT2D eigenvalue weighted by molar-refractivity contribution is 4.71. The van der Waals surface area contributed by atoms with Gasteiger partial charge in [0.05, 0.1) is 0 Å². The average molecular weight is 170 g/mol. The van der Waals surface area contributed by atoms with E-state index in [4.69, 9.17) is 0 Å². The van der Waals surface area contributed by atoms with E-state index in [1.165, 1.54) is 45.4 Å². The van der Waals surface area contributed by atoms with E-state index < -0.39 is 0 Å². The Hall–Kier alpha value is -0.0800. The fraction of sp³-hybridized carbons (Fsp3) is 1.00. The van der Waals surface area contributed by atoms with Crippen LogP contribution in [0.4, 0.5) is 0 Å². The summed E-state index contributed by atoms with van der Waals surface area (Å²) >= 11 is 0. The van der Waals surface area contributed by atoms with Crippen LogP contribution in [0, 0.1) is 0 Å². The molecule has 1 unspecified atom stereocenters. The molecule has 0 aromatic carbocycles. The summed E-state index contributed by atoms with van der Waals surface area (Å²) in [7, 11) is 0. The summed E-state index contributed by atoms with van der Waals surface area (Å²) in [6.07, 6.45) is 3.97. The third kappa shape index (κ3) is 3.11. The van der Waals surface area contributed by atoms with Crippen molar-refractivity contribution in [2.45, 2.75) is 39.2 Å². The lowest BCUT2D eigenvalue weighted by Crippen LogP contribution is -2.35. The highest BCUT2D eigenvalue weighted by Crippen LogP contribution is 2.07. The Morgan fingerprint density at radius 3 is 2.92 bits per heavy atom. The van der Waals surface area contributed by atoms with Crippen LogP contribution in [0.1, 0.15) is 33.1 Å². The molecule has 1 saturated heterocycles. The van der Waals surface area contributed by atoms with Crippen LogP contribution in [0.2, 0.25) is 0 Å². The predicted octanol–water partition coefficient (Wildman–Crippen LogP) is 1.47. The average Bonchev–Trinajstić information content (AvgIpc) is 2.32. The molecule has 1 atom stereocenters. The van der Waals surface area contributed by atoms with Gasteiger partial charge in [-0.1, -0.05) is 13.3 Å². The zero-order chi connectivity index (χ0) is 8.81. The van der Waals surface area contributed by atoms with Gasteiger partial charge in [0.2, 0.25) is 0 Å². The molecule has 1 fully saturated rings. The number of hydrogen-bond donors (Lipinski definition) is 1. The summed E-state index contributed by atoms with van der Waals surface area (Å²) < 4.78 is 0. The normalized spacial score (nSPS) is 23.5. The maximum Gasteiger partial charge on any atom is 0.0110 e. The van der Waals surface area contributed by atoms with Gasteiger partial charge in [0.1, 0.15) is 0 Å². The van der Waals surface area contributed by atoms with Crippen molar-refractivity contribution in [1.82, 2.24) is 10.2 Å². The molecular weight excluding hydrogens is 148 g/mol. The largest absolute Gasteiger partial charge is 0.315 e. The summed E-state index contributed by atoms with van der Waals surface area (Å²) in [4.78, 5) is 2.61. The van der Waals surface area contributed by atoms with Gasteiger partial charge in [-0.15, -0.1) is 0 Å². The van der Waals surface area contributed by atoms with E-state index in [-0.39, 0.29) is 0 Å². The molecule has 0 aromatic heterocycles. The van der Waals surface area contributed by atoms with Crippen LogP contribution in [-0.4, -0.2) is 37.1 Å². The first-order valence-corrected chi connectivity index (χ1v) is 5.29. The van der Waals surface area contributed by atoms with Crippen LogP contribution >= 0.6 is 0 Å². The predicted molar refractivity (Wildman–Crippen MR) is 53.4 cm³/mol. The summed E-state index contributed by atoms with van der Waals surface area (Å²) in [5.74, 6) is 0. The SMILES string of the molecule is CCCC(C)N1CCCNCC1. The van der Waals surface area contributed by atoms with Crippen LogP contribution in [0.15, 0.2) is 0 Å². The van der Waals surface area contributed by atoms with E-state index in [2.05, 4.69) is 24.1 Å². The highest BCUT2D eigenvalue weighted by Gasteiger charge is 2.13. The summed E-state index contributed by atoms with van der Waals surface area (Å²) in [6, 6.07) is 0.787. The Balaban J connectivity index is 2.27.